The van der Waals surface area contributed by atoms with Crippen molar-refractivity contribution in [2.45, 2.75) is 148 Å². The number of carbonyl (C=O) groups is 1. The molecule has 0 aromatic rings. The van der Waals surface area contributed by atoms with E-state index in [0.29, 0.717) is 12.8 Å². The number of allylic oxidation sites excluding steroid dienone is 2. The smallest absolute Gasteiger partial charge is 0.312 e. The second-order valence-corrected chi connectivity index (χ2v) is 17.3. The maximum atomic E-state index is 13.0. The fraction of sp³-hybridized carbons (Fsp3) is 0.914. The molecule has 5 fully saturated rings. The fourth-order valence-electron chi connectivity index (χ4n) is 12.0. The van der Waals surface area contributed by atoms with Crippen molar-refractivity contribution < 1.29 is 44.9 Å². The van der Waals surface area contributed by atoms with Crippen LogP contribution in [0.1, 0.15) is 106 Å². The van der Waals surface area contributed by atoms with Crippen molar-refractivity contribution in [2.75, 3.05) is 6.61 Å². The van der Waals surface area contributed by atoms with Gasteiger partial charge in [-0.15, -0.1) is 0 Å². The Kier molecular flexibility index (Phi) is 7.81. The predicted molar refractivity (Wildman–Crippen MR) is 162 cm³/mol. The lowest BCUT2D eigenvalue weighted by molar-refractivity contribution is -0.345. The van der Waals surface area contributed by atoms with Crippen molar-refractivity contribution in [1.29, 1.82) is 0 Å². The number of carboxylic acids is 1. The average Bonchev–Trinajstić information content (AvgIpc) is 2.93. The number of rotatable bonds is 4. The highest BCUT2D eigenvalue weighted by Gasteiger charge is 2.71. The van der Waals surface area contributed by atoms with Crippen molar-refractivity contribution in [1.82, 2.24) is 0 Å². The van der Waals surface area contributed by atoms with Crippen LogP contribution in [0.2, 0.25) is 0 Å². The summed E-state index contributed by atoms with van der Waals surface area (Å²) in [5.74, 6) is -0.633. The molecule has 14 atom stereocenters. The number of fused-ring (bicyclic) bond motifs is 7. The number of hydrogen-bond acceptors (Lipinski definition) is 8. The van der Waals surface area contributed by atoms with Crippen LogP contribution < -0.4 is 0 Å². The topological polar surface area (TPSA) is 157 Å². The summed E-state index contributed by atoms with van der Waals surface area (Å²) in [7, 11) is 0. The first-order valence-electron chi connectivity index (χ1n) is 17.0. The summed E-state index contributed by atoms with van der Waals surface area (Å²) in [6.07, 6.45) is 2.77. The monoisotopic (exact) mass is 620 g/mol. The molecule has 0 amide bonds. The van der Waals surface area contributed by atoms with E-state index in [1.165, 1.54) is 5.57 Å². The molecule has 0 spiro atoms. The Morgan fingerprint density at radius 2 is 1.61 bits per heavy atom. The summed E-state index contributed by atoms with van der Waals surface area (Å²) in [5.41, 5.74) is -1.15. The molecule has 44 heavy (non-hydrogen) atoms. The van der Waals surface area contributed by atoms with Crippen molar-refractivity contribution in [2.24, 2.45) is 44.8 Å². The van der Waals surface area contributed by atoms with Gasteiger partial charge in [0.05, 0.1) is 18.3 Å². The minimum Gasteiger partial charge on any atom is -0.481 e. The highest BCUT2D eigenvalue weighted by atomic mass is 16.7. The second-order valence-electron chi connectivity index (χ2n) is 17.3. The molecule has 0 aromatic heterocycles. The molecule has 0 radical (unpaired) electrons. The SMILES string of the molecule is CC1(C)CCC2(C(=O)O)C(O)CC3(C)C(=CCC4C5(C)CCCC(C)(O[C@@H]6O[C@H](CO)[C@@H](O)[C@H](O)[C@H]6O)C5CCC43C)C2C1. The van der Waals surface area contributed by atoms with Gasteiger partial charge in [-0.25, -0.2) is 0 Å². The molecule has 0 bridgehead atoms. The molecule has 4 saturated carbocycles. The van der Waals surface area contributed by atoms with Gasteiger partial charge in [-0.2, -0.15) is 0 Å². The van der Waals surface area contributed by atoms with E-state index in [9.17, 15) is 35.4 Å². The maximum absolute atomic E-state index is 13.0. The molecule has 6 N–H and O–H groups in total. The van der Waals surface area contributed by atoms with Gasteiger partial charge in [-0.1, -0.05) is 52.7 Å². The molecule has 1 aliphatic heterocycles. The summed E-state index contributed by atoms with van der Waals surface area (Å²) in [6.45, 7) is 13.1. The molecule has 1 saturated heterocycles. The highest BCUT2D eigenvalue weighted by molar-refractivity contribution is 5.77. The van der Waals surface area contributed by atoms with Gasteiger partial charge >= 0.3 is 5.97 Å². The van der Waals surface area contributed by atoms with Gasteiger partial charge in [0.15, 0.2) is 6.29 Å². The number of ether oxygens (including phenoxy) is 2. The third-order valence-corrected chi connectivity index (χ3v) is 14.7. The second kappa shape index (κ2) is 10.5. The summed E-state index contributed by atoms with van der Waals surface area (Å²) < 4.78 is 12.5. The van der Waals surface area contributed by atoms with E-state index in [4.69, 9.17) is 9.47 Å². The number of aliphatic hydroxyl groups excluding tert-OH is 5. The van der Waals surface area contributed by atoms with E-state index in [0.717, 1.165) is 51.4 Å². The van der Waals surface area contributed by atoms with Crippen molar-refractivity contribution in [3.8, 4) is 0 Å². The van der Waals surface area contributed by atoms with Crippen LogP contribution in [0, 0.1) is 44.8 Å². The van der Waals surface area contributed by atoms with E-state index in [2.05, 4.69) is 47.6 Å². The highest BCUT2D eigenvalue weighted by Crippen LogP contribution is 2.75. The third kappa shape index (κ3) is 4.32. The molecule has 9 nitrogen and oxygen atoms in total. The lowest BCUT2D eigenvalue weighted by Gasteiger charge is -2.71. The molecule has 0 aromatic carbocycles. The van der Waals surface area contributed by atoms with Crippen LogP contribution in [0.5, 0.6) is 0 Å². The van der Waals surface area contributed by atoms with E-state index in [1.54, 1.807) is 0 Å². The van der Waals surface area contributed by atoms with Gasteiger partial charge in [0.1, 0.15) is 29.8 Å². The summed E-state index contributed by atoms with van der Waals surface area (Å²) in [5, 5.41) is 63.8. The Hall–Kier alpha value is -1.07. The quantitative estimate of drug-likeness (QED) is 0.258. The van der Waals surface area contributed by atoms with E-state index in [-0.39, 0.29) is 39.4 Å². The molecule has 6 rings (SSSR count). The Bertz CT molecular complexity index is 1180. The lowest BCUT2D eigenvalue weighted by atomic mass is 9.34. The van der Waals surface area contributed by atoms with Crippen LogP contribution in [0.3, 0.4) is 0 Å². The van der Waals surface area contributed by atoms with Gasteiger partial charge in [0.2, 0.25) is 0 Å². The van der Waals surface area contributed by atoms with Gasteiger partial charge in [-0.3, -0.25) is 4.79 Å². The molecule has 9 heteroatoms. The zero-order valence-electron chi connectivity index (χ0n) is 27.5. The van der Waals surface area contributed by atoms with Crippen LogP contribution >= 0.6 is 0 Å². The van der Waals surface area contributed by atoms with E-state index in [1.807, 2.05) is 0 Å². The molecular weight excluding hydrogens is 564 g/mol. The van der Waals surface area contributed by atoms with Gasteiger partial charge in [0.25, 0.3) is 0 Å². The molecule has 5 aliphatic carbocycles. The molecule has 6 aliphatic rings. The van der Waals surface area contributed by atoms with Crippen LogP contribution in [0.15, 0.2) is 11.6 Å². The van der Waals surface area contributed by atoms with Crippen LogP contribution in [0.25, 0.3) is 0 Å². The standard InChI is InChI=1S/C35H56O9/c1-30(2)14-15-35(29(41)42)20(16-30)19-8-9-22-31(3)11-7-12-34(6,44-28-27(40)26(39)25(38)21(18-36)43-28)23(31)10-13-32(22,4)33(19,5)17-24(35)37/h8,20-28,36-40H,7,9-18H2,1-6H3,(H,41,42)/t20?,21-,22?,23?,24?,25-,26+,27-,28+,31?,32?,33?,34?,35?/m1/s1. The molecular formula is C35H56O9. The summed E-state index contributed by atoms with van der Waals surface area (Å²) in [4.78, 5) is 13.0. The minimum absolute atomic E-state index is 0.0107. The number of carboxylic acid groups (broad SMARTS) is 1. The Morgan fingerprint density at radius 3 is 2.27 bits per heavy atom. The molecule has 9 unspecified atom stereocenters. The van der Waals surface area contributed by atoms with E-state index >= 15 is 0 Å². The van der Waals surface area contributed by atoms with Crippen LogP contribution in [-0.4, -0.2) is 85.6 Å². The van der Waals surface area contributed by atoms with Crippen molar-refractivity contribution >= 4 is 5.97 Å². The average molecular weight is 621 g/mol. The molecule has 1 heterocycles. The largest absolute Gasteiger partial charge is 0.481 e. The van der Waals surface area contributed by atoms with E-state index < -0.39 is 60.4 Å². The Balaban J connectivity index is 1.35. The fourth-order valence-corrected chi connectivity index (χ4v) is 12.0. The first kappa shape index (κ1) is 32.9. The minimum atomic E-state index is -1.48. The lowest BCUT2D eigenvalue weighted by Crippen LogP contribution is -2.68. The Morgan fingerprint density at radius 1 is 0.909 bits per heavy atom. The first-order chi connectivity index (χ1) is 20.4. The molecule has 250 valence electrons. The van der Waals surface area contributed by atoms with Crippen LogP contribution in [0.4, 0.5) is 0 Å². The van der Waals surface area contributed by atoms with Gasteiger partial charge < -0.3 is 40.1 Å². The van der Waals surface area contributed by atoms with Crippen LogP contribution in [-0.2, 0) is 14.3 Å². The number of aliphatic hydroxyl groups is 5. The Labute approximate surface area is 262 Å². The number of hydrogen-bond donors (Lipinski definition) is 6. The maximum Gasteiger partial charge on any atom is 0.312 e. The normalized spacial score (nSPS) is 55.1. The predicted octanol–water partition coefficient (Wildman–Crippen LogP) is 3.78. The van der Waals surface area contributed by atoms with Gasteiger partial charge in [0, 0.05) is 0 Å². The summed E-state index contributed by atoms with van der Waals surface area (Å²) in [6, 6.07) is 0. The van der Waals surface area contributed by atoms with Gasteiger partial charge in [-0.05, 0) is 104 Å². The number of aliphatic carboxylic acids is 1. The van der Waals surface area contributed by atoms with Crippen molar-refractivity contribution in [3.05, 3.63) is 11.6 Å². The zero-order valence-corrected chi connectivity index (χ0v) is 27.5. The third-order valence-electron chi connectivity index (χ3n) is 14.7. The summed E-state index contributed by atoms with van der Waals surface area (Å²) >= 11 is 0. The van der Waals surface area contributed by atoms with Crippen molar-refractivity contribution in [3.63, 3.8) is 0 Å². The first-order valence-corrected chi connectivity index (χ1v) is 17.0. The zero-order chi connectivity index (χ0) is 32.3.